The van der Waals surface area contributed by atoms with Gasteiger partial charge in [-0.05, 0) is 37.8 Å². The summed E-state index contributed by atoms with van der Waals surface area (Å²) >= 11 is 0. The fourth-order valence-electron chi connectivity index (χ4n) is 3.08. The molecule has 0 N–H and O–H groups in total. The van der Waals surface area contributed by atoms with Gasteiger partial charge in [0.25, 0.3) is 0 Å². The zero-order chi connectivity index (χ0) is 15.2. The van der Waals surface area contributed by atoms with Gasteiger partial charge in [0, 0.05) is 18.6 Å². The summed E-state index contributed by atoms with van der Waals surface area (Å²) in [5.41, 5.74) is -0.150. The molecule has 116 valence electrons. The average molecular weight is 296 g/mol. The van der Waals surface area contributed by atoms with Gasteiger partial charge in [0.05, 0.1) is 0 Å². The topological polar surface area (TPSA) is 26.3 Å². The summed E-state index contributed by atoms with van der Waals surface area (Å²) in [4.78, 5) is 12.4. The van der Waals surface area contributed by atoms with E-state index in [1.807, 2.05) is 6.92 Å². The molecular weight excluding hydrogens is 274 g/mol. The predicted octanol–water partition coefficient (Wildman–Crippen LogP) is 4.06. The van der Waals surface area contributed by atoms with Crippen molar-refractivity contribution < 1.29 is 18.3 Å². The first kappa shape index (κ1) is 16.1. The van der Waals surface area contributed by atoms with Crippen molar-refractivity contribution >= 4 is 5.78 Å². The van der Waals surface area contributed by atoms with Gasteiger partial charge in [-0.1, -0.05) is 25.3 Å². The summed E-state index contributed by atoms with van der Waals surface area (Å²) in [6.07, 6.45) is 4.51. The average Bonchev–Trinajstić information content (AvgIpc) is 2.49. The van der Waals surface area contributed by atoms with E-state index in [-0.39, 0.29) is 23.7 Å². The number of Topliss-reactive ketones (excluding diaryl/α,β-unsaturated/α-hetero) is 1. The number of ketones is 1. The number of hydrogen-bond donors (Lipinski definition) is 0. The lowest BCUT2D eigenvalue weighted by Crippen LogP contribution is -2.35. The van der Waals surface area contributed by atoms with Crippen LogP contribution in [-0.2, 0) is 16.0 Å². The molecule has 1 saturated carbocycles. The van der Waals surface area contributed by atoms with E-state index >= 15 is 0 Å². The molecule has 1 unspecified atom stereocenters. The number of benzene rings is 1. The monoisotopic (exact) mass is 296 g/mol. The molecule has 0 heterocycles. The van der Waals surface area contributed by atoms with Crippen molar-refractivity contribution in [2.24, 2.45) is 5.92 Å². The molecule has 0 radical (unpaired) electrons. The second kappa shape index (κ2) is 7.64. The third-order valence-corrected chi connectivity index (χ3v) is 4.15. The molecule has 0 aromatic heterocycles. The van der Waals surface area contributed by atoms with Crippen molar-refractivity contribution in [3.05, 3.63) is 35.4 Å². The normalized spacial score (nSPS) is 17.7. The first-order valence-corrected chi connectivity index (χ1v) is 7.70. The van der Waals surface area contributed by atoms with Crippen LogP contribution in [0.15, 0.2) is 18.2 Å². The van der Waals surface area contributed by atoms with Crippen LogP contribution in [0.25, 0.3) is 0 Å². The molecule has 1 aromatic rings. The maximum atomic E-state index is 13.7. The number of rotatable bonds is 6. The van der Waals surface area contributed by atoms with E-state index in [1.54, 1.807) is 0 Å². The van der Waals surface area contributed by atoms with Crippen molar-refractivity contribution in [2.75, 3.05) is 6.61 Å². The van der Waals surface area contributed by atoms with E-state index in [0.29, 0.717) is 6.61 Å². The molecule has 4 heteroatoms. The molecule has 2 rings (SSSR count). The van der Waals surface area contributed by atoms with Gasteiger partial charge in [0.15, 0.2) is 5.78 Å². The van der Waals surface area contributed by atoms with Crippen LogP contribution in [0.2, 0.25) is 0 Å². The lowest BCUT2D eigenvalue weighted by molar-refractivity contribution is -0.134. The van der Waals surface area contributed by atoms with Crippen LogP contribution in [0, 0.1) is 17.6 Å². The van der Waals surface area contributed by atoms with Gasteiger partial charge in [0.2, 0.25) is 0 Å². The highest BCUT2D eigenvalue weighted by atomic mass is 19.1. The lowest BCUT2D eigenvalue weighted by atomic mass is 9.82. The Morgan fingerprint density at radius 3 is 2.43 bits per heavy atom. The Bertz CT molecular complexity index is 461. The third kappa shape index (κ3) is 4.10. The second-order valence-corrected chi connectivity index (χ2v) is 5.62. The molecular formula is C17H22F2O2. The van der Waals surface area contributed by atoms with Gasteiger partial charge in [0.1, 0.15) is 17.7 Å². The number of carbonyl (C=O) groups is 1. The van der Waals surface area contributed by atoms with Gasteiger partial charge < -0.3 is 4.74 Å². The van der Waals surface area contributed by atoms with Crippen LogP contribution in [0.1, 0.15) is 44.6 Å². The molecule has 1 aliphatic rings. The quantitative estimate of drug-likeness (QED) is 0.791. The zero-order valence-electron chi connectivity index (χ0n) is 12.4. The Balaban J connectivity index is 2.11. The largest absolute Gasteiger partial charge is 0.370 e. The summed E-state index contributed by atoms with van der Waals surface area (Å²) in [5, 5.41) is 0. The Morgan fingerprint density at radius 2 is 1.86 bits per heavy atom. The van der Waals surface area contributed by atoms with Crippen molar-refractivity contribution in [1.82, 2.24) is 0 Å². The number of ether oxygens (including phenoxy) is 1. The van der Waals surface area contributed by atoms with Gasteiger partial charge in [-0.15, -0.1) is 0 Å². The molecule has 2 nitrogen and oxygen atoms in total. The Kier molecular flexibility index (Phi) is 5.85. The van der Waals surface area contributed by atoms with Gasteiger partial charge >= 0.3 is 0 Å². The summed E-state index contributed by atoms with van der Waals surface area (Å²) < 4.78 is 32.9. The Morgan fingerprint density at radius 1 is 1.24 bits per heavy atom. The fourth-order valence-corrected chi connectivity index (χ4v) is 3.08. The first-order valence-electron chi connectivity index (χ1n) is 7.70. The van der Waals surface area contributed by atoms with Gasteiger partial charge in [-0.2, -0.15) is 0 Å². The molecule has 1 aromatic carbocycles. The zero-order valence-corrected chi connectivity index (χ0v) is 12.4. The molecule has 0 saturated heterocycles. The van der Waals surface area contributed by atoms with Crippen LogP contribution >= 0.6 is 0 Å². The number of carbonyl (C=O) groups excluding carboxylic acids is 1. The smallest absolute Gasteiger partial charge is 0.166 e. The molecule has 1 aliphatic carbocycles. The molecule has 0 aliphatic heterocycles. The molecule has 21 heavy (non-hydrogen) atoms. The summed E-state index contributed by atoms with van der Waals surface area (Å²) in [5.74, 6) is -1.36. The van der Waals surface area contributed by atoms with E-state index in [2.05, 4.69) is 0 Å². The molecule has 0 spiro atoms. The maximum Gasteiger partial charge on any atom is 0.166 e. The van der Waals surface area contributed by atoms with E-state index in [0.717, 1.165) is 25.7 Å². The molecule has 0 amide bonds. The van der Waals surface area contributed by atoms with Crippen molar-refractivity contribution in [2.45, 2.75) is 51.6 Å². The minimum atomic E-state index is -0.665. The highest BCUT2D eigenvalue weighted by Gasteiger charge is 2.30. The van der Waals surface area contributed by atoms with E-state index in [4.69, 9.17) is 4.74 Å². The van der Waals surface area contributed by atoms with E-state index < -0.39 is 17.7 Å². The van der Waals surface area contributed by atoms with E-state index in [1.165, 1.54) is 24.6 Å². The van der Waals surface area contributed by atoms with E-state index in [9.17, 15) is 13.6 Å². The molecule has 1 atom stereocenters. The van der Waals surface area contributed by atoms with Gasteiger partial charge in [-0.3, -0.25) is 4.79 Å². The summed E-state index contributed by atoms with van der Waals surface area (Å²) in [7, 11) is 0. The maximum absolute atomic E-state index is 13.7. The highest BCUT2D eigenvalue weighted by Crippen LogP contribution is 2.29. The van der Waals surface area contributed by atoms with Crippen LogP contribution in [0.5, 0.6) is 0 Å². The number of hydrogen-bond acceptors (Lipinski definition) is 2. The van der Waals surface area contributed by atoms with Crippen LogP contribution in [-0.4, -0.2) is 18.5 Å². The highest BCUT2D eigenvalue weighted by molar-refractivity contribution is 5.85. The van der Waals surface area contributed by atoms with Crippen LogP contribution in [0.3, 0.4) is 0 Å². The first-order chi connectivity index (χ1) is 10.1. The van der Waals surface area contributed by atoms with Crippen molar-refractivity contribution in [3.63, 3.8) is 0 Å². The third-order valence-electron chi connectivity index (χ3n) is 4.15. The van der Waals surface area contributed by atoms with Crippen LogP contribution in [0.4, 0.5) is 8.78 Å². The van der Waals surface area contributed by atoms with Crippen LogP contribution < -0.4 is 0 Å². The predicted molar refractivity (Wildman–Crippen MR) is 77.1 cm³/mol. The SMILES string of the molecule is CCOC(C(=O)Cc1c(F)cccc1F)C1CCCCC1. The summed E-state index contributed by atoms with van der Waals surface area (Å²) in [6.45, 7) is 2.28. The fraction of sp³-hybridized carbons (Fsp3) is 0.588. The minimum Gasteiger partial charge on any atom is -0.370 e. The van der Waals surface area contributed by atoms with Gasteiger partial charge in [-0.25, -0.2) is 8.78 Å². The Hall–Kier alpha value is -1.29. The standard InChI is InChI=1S/C17H22F2O2/c1-2-21-17(12-7-4-3-5-8-12)16(20)11-13-14(18)9-6-10-15(13)19/h6,9-10,12,17H,2-5,7-8,11H2,1H3. The number of halogens is 2. The molecule has 0 bridgehead atoms. The minimum absolute atomic E-state index is 0.150. The lowest BCUT2D eigenvalue weighted by Gasteiger charge is -2.29. The summed E-state index contributed by atoms with van der Waals surface area (Å²) in [6, 6.07) is 3.67. The Labute approximate surface area is 124 Å². The van der Waals surface area contributed by atoms with Crippen molar-refractivity contribution in [1.29, 1.82) is 0 Å². The molecule has 1 fully saturated rings. The second-order valence-electron chi connectivity index (χ2n) is 5.62. The van der Waals surface area contributed by atoms with Crippen molar-refractivity contribution in [3.8, 4) is 0 Å².